The molecule has 0 N–H and O–H groups in total. The van der Waals surface area contributed by atoms with E-state index in [2.05, 4.69) is 20.3 Å². The molecule has 1 fully saturated rings. The molecule has 3 rings (SSSR count). The van der Waals surface area contributed by atoms with Gasteiger partial charge in [0.25, 0.3) is 0 Å². The van der Waals surface area contributed by atoms with E-state index in [4.69, 9.17) is 0 Å². The largest absolute Gasteiger partial charge is 0.433 e. The fourth-order valence-corrected chi connectivity index (χ4v) is 2.68. The summed E-state index contributed by atoms with van der Waals surface area (Å²) in [6.07, 6.45) is 0.416. The van der Waals surface area contributed by atoms with Gasteiger partial charge in [0.05, 0.1) is 12.2 Å². The van der Waals surface area contributed by atoms with Crippen LogP contribution in [0.25, 0.3) is 0 Å². The number of anilines is 2. The van der Waals surface area contributed by atoms with Gasteiger partial charge in [0.15, 0.2) is 5.69 Å². The van der Waals surface area contributed by atoms with Crippen molar-refractivity contribution < 1.29 is 13.2 Å². The number of halogens is 3. The Kier molecular flexibility index (Phi) is 4.29. The van der Waals surface area contributed by atoms with E-state index >= 15 is 0 Å². The summed E-state index contributed by atoms with van der Waals surface area (Å²) in [7, 11) is 3.31. The molecule has 24 heavy (non-hydrogen) atoms. The van der Waals surface area contributed by atoms with Crippen LogP contribution in [0, 0.1) is 0 Å². The summed E-state index contributed by atoms with van der Waals surface area (Å²) in [4.78, 5) is 11.3. The molecule has 1 aliphatic rings. The van der Waals surface area contributed by atoms with Gasteiger partial charge in [-0.1, -0.05) is 5.21 Å². The van der Waals surface area contributed by atoms with Crippen LogP contribution in [0.5, 0.6) is 0 Å². The standard InChI is InChI=1S/C14H18F3N7/c1-22(2)12-9-11(14(15,16)17)19-13(20-12)23-6-3-10(4-7-23)24-8-5-18-21-24/h5,8-10H,3-4,6-7H2,1-2H3. The molecule has 2 aromatic rings. The Hall–Kier alpha value is -2.39. The van der Waals surface area contributed by atoms with E-state index in [1.807, 2.05) is 0 Å². The highest BCUT2D eigenvalue weighted by molar-refractivity contribution is 5.45. The normalized spacial score (nSPS) is 16.5. The first-order valence-electron chi connectivity index (χ1n) is 7.59. The molecule has 1 aliphatic heterocycles. The minimum atomic E-state index is -4.50. The van der Waals surface area contributed by atoms with Crippen LogP contribution >= 0.6 is 0 Å². The number of piperidine rings is 1. The summed E-state index contributed by atoms with van der Waals surface area (Å²) in [5.74, 6) is 0.358. The number of nitrogens with zero attached hydrogens (tertiary/aromatic N) is 7. The number of hydrogen-bond donors (Lipinski definition) is 0. The summed E-state index contributed by atoms with van der Waals surface area (Å²) >= 11 is 0. The van der Waals surface area contributed by atoms with Crippen molar-refractivity contribution in [2.45, 2.75) is 25.1 Å². The lowest BCUT2D eigenvalue weighted by Gasteiger charge is -2.32. The Morgan fingerprint density at radius 3 is 2.42 bits per heavy atom. The van der Waals surface area contributed by atoms with Crippen molar-refractivity contribution in [1.82, 2.24) is 25.0 Å². The molecule has 0 spiro atoms. The Bertz CT molecular complexity index is 676. The summed E-state index contributed by atoms with van der Waals surface area (Å²) in [6, 6.07) is 1.16. The van der Waals surface area contributed by atoms with E-state index in [1.165, 1.54) is 0 Å². The summed E-state index contributed by atoms with van der Waals surface area (Å²) in [5, 5.41) is 7.77. The highest BCUT2D eigenvalue weighted by atomic mass is 19.4. The molecule has 7 nitrogen and oxygen atoms in total. The molecule has 10 heteroatoms. The van der Waals surface area contributed by atoms with Crippen LogP contribution in [0.15, 0.2) is 18.5 Å². The molecular formula is C14H18F3N7. The zero-order valence-corrected chi connectivity index (χ0v) is 13.4. The lowest BCUT2D eigenvalue weighted by Crippen LogP contribution is -2.36. The minimum absolute atomic E-state index is 0.116. The second-order valence-electron chi connectivity index (χ2n) is 5.90. The highest BCUT2D eigenvalue weighted by Crippen LogP contribution is 2.32. The van der Waals surface area contributed by atoms with Gasteiger partial charge >= 0.3 is 6.18 Å². The van der Waals surface area contributed by atoms with Gasteiger partial charge < -0.3 is 9.80 Å². The van der Waals surface area contributed by atoms with E-state index in [0.717, 1.165) is 18.9 Å². The lowest BCUT2D eigenvalue weighted by molar-refractivity contribution is -0.141. The third-order valence-electron chi connectivity index (χ3n) is 4.01. The van der Waals surface area contributed by atoms with Gasteiger partial charge in [0, 0.05) is 39.4 Å². The van der Waals surface area contributed by atoms with Crippen LogP contribution < -0.4 is 9.80 Å². The predicted molar refractivity (Wildman–Crippen MR) is 81.9 cm³/mol. The molecular weight excluding hydrogens is 323 g/mol. The Morgan fingerprint density at radius 2 is 1.88 bits per heavy atom. The molecule has 0 unspecified atom stereocenters. The summed E-state index contributed by atoms with van der Waals surface area (Å²) in [6.45, 7) is 1.14. The first kappa shape index (κ1) is 16.5. The first-order chi connectivity index (χ1) is 11.3. The third-order valence-corrected chi connectivity index (χ3v) is 4.01. The van der Waals surface area contributed by atoms with Crippen LogP contribution in [-0.4, -0.2) is 52.1 Å². The smallest absolute Gasteiger partial charge is 0.363 e. The van der Waals surface area contributed by atoms with E-state index in [1.54, 1.807) is 41.0 Å². The van der Waals surface area contributed by atoms with Crippen molar-refractivity contribution in [2.24, 2.45) is 0 Å². The quantitative estimate of drug-likeness (QED) is 0.851. The van der Waals surface area contributed by atoms with Crippen molar-refractivity contribution >= 4 is 11.8 Å². The van der Waals surface area contributed by atoms with Crippen LogP contribution in [0.4, 0.5) is 24.9 Å². The van der Waals surface area contributed by atoms with Gasteiger partial charge in [0.1, 0.15) is 5.82 Å². The maximum atomic E-state index is 13.1. The summed E-state index contributed by atoms with van der Waals surface area (Å²) < 4.78 is 41.0. The van der Waals surface area contributed by atoms with Crippen molar-refractivity contribution in [2.75, 3.05) is 37.0 Å². The fourth-order valence-electron chi connectivity index (χ4n) is 2.68. The number of rotatable bonds is 3. The monoisotopic (exact) mass is 341 g/mol. The van der Waals surface area contributed by atoms with Gasteiger partial charge in [-0.25, -0.2) is 9.67 Å². The molecule has 0 radical (unpaired) electrons. The van der Waals surface area contributed by atoms with E-state index in [9.17, 15) is 13.2 Å². The van der Waals surface area contributed by atoms with Gasteiger partial charge in [-0.2, -0.15) is 18.2 Å². The molecule has 0 aliphatic carbocycles. The second-order valence-corrected chi connectivity index (χ2v) is 5.90. The maximum Gasteiger partial charge on any atom is 0.433 e. The number of hydrogen-bond acceptors (Lipinski definition) is 6. The highest BCUT2D eigenvalue weighted by Gasteiger charge is 2.35. The van der Waals surface area contributed by atoms with Gasteiger partial charge in [-0.05, 0) is 12.8 Å². The van der Waals surface area contributed by atoms with Crippen LogP contribution in [0.2, 0.25) is 0 Å². The Balaban J connectivity index is 1.80. The maximum absolute atomic E-state index is 13.1. The van der Waals surface area contributed by atoms with E-state index < -0.39 is 11.9 Å². The van der Waals surface area contributed by atoms with Gasteiger partial charge in [0.2, 0.25) is 5.95 Å². The molecule has 3 heterocycles. The second kappa shape index (κ2) is 6.25. The average molecular weight is 341 g/mol. The predicted octanol–water partition coefficient (Wildman–Crippen LogP) is 1.99. The Labute approximate surface area is 137 Å². The minimum Gasteiger partial charge on any atom is -0.363 e. The van der Waals surface area contributed by atoms with E-state index in [-0.39, 0.29) is 17.8 Å². The average Bonchev–Trinajstić information content (AvgIpc) is 3.08. The molecule has 2 aromatic heterocycles. The molecule has 0 saturated carbocycles. The molecule has 0 atom stereocenters. The summed E-state index contributed by atoms with van der Waals surface area (Å²) in [5.41, 5.74) is -0.922. The number of alkyl halides is 3. The zero-order chi connectivity index (χ0) is 17.3. The first-order valence-corrected chi connectivity index (χ1v) is 7.59. The molecule has 0 aromatic carbocycles. The van der Waals surface area contributed by atoms with Crippen LogP contribution in [0.1, 0.15) is 24.6 Å². The SMILES string of the molecule is CN(C)c1cc(C(F)(F)F)nc(N2CCC(n3ccnn3)CC2)n1. The van der Waals surface area contributed by atoms with Crippen molar-refractivity contribution in [3.63, 3.8) is 0 Å². The topological polar surface area (TPSA) is 63.0 Å². The van der Waals surface area contributed by atoms with Crippen molar-refractivity contribution in [3.05, 3.63) is 24.2 Å². The Morgan fingerprint density at radius 1 is 1.17 bits per heavy atom. The van der Waals surface area contributed by atoms with Gasteiger partial charge in [-0.15, -0.1) is 5.10 Å². The zero-order valence-electron chi connectivity index (χ0n) is 13.4. The van der Waals surface area contributed by atoms with Crippen LogP contribution in [-0.2, 0) is 6.18 Å². The van der Waals surface area contributed by atoms with Crippen molar-refractivity contribution in [3.8, 4) is 0 Å². The molecule has 1 saturated heterocycles. The number of aromatic nitrogens is 5. The molecule has 130 valence electrons. The molecule has 0 bridgehead atoms. The van der Waals surface area contributed by atoms with Gasteiger partial charge in [-0.3, -0.25) is 0 Å². The van der Waals surface area contributed by atoms with E-state index in [0.29, 0.717) is 13.1 Å². The van der Waals surface area contributed by atoms with Crippen molar-refractivity contribution in [1.29, 1.82) is 0 Å². The van der Waals surface area contributed by atoms with Crippen LogP contribution in [0.3, 0.4) is 0 Å². The fraction of sp³-hybridized carbons (Fsp3) is 0.571. The lowest BCUT2D eigenvalue weighted by atomic mass is 10.1. The third kappa shape index (κ3) is 3.41. The molecule has 0 amide bonds.